The lowest BCUT2D eigenvalue weighted by Gasteiger charge is -2.16. The van der Waals surface area contributed by atoms with E-state index in [1.54, 1.807) is 0 Å². The van der Waals surface area contributed by atoms with Gasteiger partial charge in [-0.25, -0.2) is 9.13 Å². The molecule has 0 aliphatic heterocycles. The molecule has 0 aliphatic rings. The molecule has 0 amide bonds. The van der Waals surface area contributed by atoms with E-state index in [0.717, 1.165) is 0 Å². The van der Waals surface area contributed by atoms with Gasteiger partial charge in [-0.2, -0.15) is 0 Å². The van der Waals surface area contributed by atoms with Gasteiger partial charge in [0.15, 0.2) is 0 Å². The topological polar surface area (TPSA) is 8.81 Å². The van der Waals surface area contributed by atoms with E-state index in [-0.39, 0.29) is 23.5 Å². The number of halogens is 1. The second-order valence-electron chi connectivity index (χ2n) is 5.57. The summed E-state index contributed by atoms with van der Waals surface area (Å²) in [7, 11) is 0. The van der Waals surface area contributed by atoms with Crippen LogP contribution in [-0.2, 0) is 11.1 Å². The Morgan fingerprint density at radius 2 is 1.50 bits per heavy atom. The maximum Gasteiger partial charge on any atom is 0.244 e. The lowest BCUT2D eigenvalue weighted by Crippen LogP contribution is -3.00. The molecule has 1 heterocycles. The summed E-state index contributed by atoms with van der Waals surface area (Å²) in [6, 6.07) is 0. The van der Waals surface area contributed by atoms with Crippen molar-refractivity contribution < 1.29 is 17.0 Å². The Kier molecular flexibility index (Phi) is 3.79. The largest absolute Gasteiger partial charge is 1.00 e. The maximum atomic E-state index is 2.23. The zero-order valence-corrected chi connectivity index (χ0v) is 10.8. The molecule has 2 nitrogen and oxygen atoms in total. The fourth-order valence-electron chi connectivity index (χ4n) is 1.15. The monoisotopic (exact) mass is 216 g/mol. The van der Waals surface area contributed by atoms with E-state index in [2.05, 4.69) is 69.4 Å². The Bertz CT molecular complexity index is 260. The highest BCUT2D eigenvalue weighted by Crippen LogP contribution is 2.13. The fraction of sp³-hybridized carbons (Fsp3) is 0.727. The average molecular weight is 217 g/mol. The lowest BCUT2D eigenvalue weighted by molar-refractivity contribution is -0.753. The zero-order chi connectivity index (χ0) is 10.3. The van der Waals surface area contributed by atoms with Crippen molar-refractivity contribution >= 4 is 0 Å². The van der Waals surface area contributed by atoms with Crippen molar-refractivity contribution in [1.82, 2.24) is 4.57 Å². The molecule has 82 valence electrons. The van der Waals surface area contributed by atoms with E-state index in [1.165, 1.54) is 0 Å². The highest BCUT2D eigenvalue weighted by molar-refractivity contribution is 4.79. The first kappa shape index (κ1) is 13.5. The van der Waals surface area contributed by atoms with Crippen LogP contribution in [0.4, 0.5) is 0 Å². The average Bonchev–Trinajstić information content (AvgIpc) is 2.28. The van der Waals surface area contributed by atoms with Crippen LogP contribution in [0, 0.1) is 0 Å². The third-order valence-electron chi connectivity index (χ3n) is 2.19. The van der Waals surface area contributed by atoms with Crippen LogP contribution in [0.2, 0.25) is 0 Å². The molecule has 0 radical (unpaired) electrons. The molecule has 1 aromatic rings. The van der Waals surface area contributed by atoms with Crippen molar-refractivity contribution in [3.63, 3.8) is 0 Å². The van der Waals surface area contributed by atoms with Crippen LogP contribution >= 0.6 is 0 Å². The van der Waals surface area contributed by atoms with Gasteiger partial charge in [0.2, 0.25) is 6.33 Å². The second kappa shape index (κ2) is 3.93. The molecule has 14 heavy (non-hydrogen) atoms. The number of aromatic nitrogens is 2. The Labute approximate surface area is 93.4 Å². The molecule has 0 saturated carbocycles. The molecule has 0 N–H and O–H groups in total. The van der Waals surface area contributed by atoms with Gasteiger partial charge in [-0.1, -0.05) is 0 Å². The first-order valence-electron chi connectivity index (χ1n) is 4.81. The minimum atomic E-state index is 0. The zero-order valence-electron chi connectivity index (χ0n) is 10.0. The van der Waals surface area contributed by atoms with Crippen molar-refractivity contribution in [1.29, 1.82) is 0 Å². The van der Waals surface area contributed by atoms with Crippen molar-refractivity contribution in [2.75, 3.05) is 0 Å². The minimum Gasteiger partial charge on any atom is -1.00 e. The van der Waals surface area contributed by atoms with Crippen molar-refractivity contribution in [3.05, 3.63) is 18.7 Å². The number of hydrogen-bond donors (Lipinski definition) is 0. The van der Waals surface area contributed by atoms with Gasteiger partial charge in [-0.3, -0.25) is 0 Å². The quantitative estimate of drug-likeness (QED) is 0.507. The number of rotatable bonds is 0. The summed E-state index contributed by atoms with van der Waals surface area (Å²) in [6.07, 6.45) is 6.43. The van der Waals surface area contributed by atoms with Gasteiger partial charge in [0.25, 0.3) is 0 Å². The first-order chi connectivity index (χ1) is 5.71. The molecule has 0 fully saturated rings. The summed E-state index contributed by atoms with van der Waals surface area (Å²) >= 11 is 0. The van der Waals surface area contributed by atoms with Gasteiger partial charge in [-0.05, 0) is 41.5 Å². The van der Waals surface area contributed by atoms with E-state index in [1.807, 2.05) is 0 Å². The fourth-order valence-corrected chi connectivity index (χ4v) is 1.15. The molecular formula is C11H21ClN2. The first-order valence-corrected chi connectivity index (χ1v) is 4.81. The molecule has 1 aromatic heterocycles. The van der Waals surface area contributed by atoms with Gasteiger partial charge >= 0.3 is 0 Å². The van der Waals surface area contributed by atoms with E-state index >= 15 is 0 Å². The van der Waals surface area contributed by atoms with Crippen LogP contribution in [0.3, 0.4) is 0 Å². The summed E-state index contributed by atoms with van der Waals surface area (Å²) in [5.41, 5.74) is 0.354. The van der Waals surface area contributed by atoms with Crippen LogP contribution in [0.5, 0.6) is 0 Å². The number of nitrogens with zero attached hydrogens (tertiary/aromatic N) is 2. The number of imidazole rings is 1. The Morgan fingerprint density at radius 3 is 1.71 bits per heavy atom. The molecule has 0 unspecified atom stereocenters. The summed E-state index contributed by atoms with van der Waals surface area (Å²) in [6.45, 7) is 13.3. The van der Waals surface area contributed by atoms with E-state index in [9.17, 15) is 0 Å². The molecule has 0 atom stereocenters. The molecule has 0 aliphatic carbocycles. The second-order valence-corrected chi connectivity index (χ2v) is 5.57. The minimum absolute atomic E-state index is 0. The number of hydrogen-bond acceptors (Lipinski definition) is 0. The highest BCUT2D eigenvalue weighted by Gasteiger charge is 2.24. The van der Waals surface area contributed by atoms with Gasteiger partial charge in [0.1, 0.15) is 23.5 Å². The van der Waals surface area contributed by atoms with E-state index in [4.69, 9.17) is 0 Å². The maximum absolute atomic E-state index is 2.23. The van der Waals surface area contributed by atoms with Crippen molar-refractivity contribution in [2.24, 2.45) is 0 Å². The van der Waals surface area contributed by atoms with Crippen LogP contribution in [0.15, 0.2) is 18.7 Å². The summed E-state index contributed by atoms with van der Waals surface area (Å²) < 4.78 is 4.47. The predicted molar refractivity (Wildman–Crippen MR) is 54.6 cm³/mol. The Hall–Kier alpha value is -0.500. The van der Waals surface area contributed by atoms with Crippen LogP contribution in [0.1, 0.15) is 41.5 Å². The van der Waals surface area contributed by atoms with E-state index < -0.39 is 0 Å². The molecule has 0 spiro atoms. The lowest BCUT2D eigenvalue weighted by atomic mass is 10.1. The third-order valence-corrected chi connectivity index (χ3v) is 2.19. The molecule has 1 rings (SSSR count). The molecule has 3 heteroatoms. The SMILES string of the molecule is CC(C)(C)n1cc[n+](C(C)(C)C)c1.[Cl-]. The summed E-state index contributed by atoms with van der Waals surface area (Å²) in [5.74, 6) is 0. The van der Waals surface area contributed by atoms with Gasteiger partial charge in [0, 0.05) is 0 Å². The van der Waals surface area contributed by atoms with Crippen LogP contribution in [0.25, 0.3) is 0 Å². The van der Waals surface area contributed by atoms with Gasteiger partial charge in [0.05, 0.1) is 0 Å². The smallest absolute Gasteiger partial charge is 0.244 e. The molecule has 0 saturated heterocycles. The Morgan fingerprint density at radius 1 is 1.00 bits per heavy atom. The van der Waals surface area contributed by atoms with E-state index in [0.29, 0.717) is 0 Å². The summed E-state index contributed by atoms with van der Waals surface area (Å²) in [4.78, 5) is 0. The van der Waals surface area contributed by atoms with Crippen molar-refractivity contribution in [2.45, 2.75) is 52.6 Å². The summed E-state index contributed by atoms with van der Waals surface area (Å²) in [5, 5.41) is 0. The Balaban J connectivity index is 0.00000169. The van der Waals surface area contributed by atoms with Gasteiger partial charge in [-0.15, -0.1) is 0 Å². The molecular weight excluding hydrogens is 196 g/mol. The third kappa shape index (κ3) is 3.02. The normalized spacial score (nSPS) is 12.4. The standard InChI is InChI=1S/C11H21N2.ClH/c1-10(2,3)12-7-8-13(9-12)11(4,5)6;/h7-9H,1-6H3;1H/q+1;/p-1. The molecule has 0 bridgehead atoms. The molecule has 0 aromatic carbocycles. The van der Waals surface area contributed by atoms with Crippen molar-refractivity contribution in [3.8, 4) is 0 Å². The van der Waals surface area contributed by atoms with Gasteiger partial charge < -0.3 is 12.4 Å². The predicted octanol–water partition coefficient (Wildman–Crippen LogP) is -0.710. The highest BCUT2D eigenvalue weighted by atomic mass is 35.5. The van der Waals surface area contributed by atoms with Crippen LogP contribution < -0.4 is 17.0 Å². The van der Waals surface area contributed by atoms with Crippen LogP contribution in [-0.4, -0.2) is 4.57 Å².